The molecule has 0 amide bonds. The Morgan fingerprint density at radius 1 is 1.64 bits per heavy atom. The Labute approximate surface area is 67.1 Å². The summed E-state index contributed by atoms with van der Waals surface area (Å²) in [5.74, 6) is 0.0644. The summed E-state index contributed by atoms with van der Waals surface area (Å²) in [6, 6.07) is 0.452. The smallest absolute Gasteiger partial charge is 0.308 e. The minimum atomic E-state index is -0.0571. The third-order valence-corrected chi connectivity index (χ3v) is 2.16. The Balaban J connectivity index is 2.39. The lowest BCUT2D eigenvalue weighted by Crippen LogP contribution is -2.38. The van der Waals surface area contributed by atoms with Gasteiger partial charge in [-0.15, -0.1) is 0 Å². The van der Waals surface area contributed by atoms with Crippen LogP contribution in [0.4, 0.5) is 0 Å². The SMILES string of the molecule is COC(=O)[C@H]1CCN[C@@H](C)C1. The molecule has 1 heterocycles. The molecule has 1 aliphatic rings. The molecule has 0 aliphatic carbocycles. The first kappa shape index (κ1) is 8.53. The van der Waals surface area contributed by atoms with Crippen LogP contribution >= 0.6 is 0 Å². The lowest BCUT2D eigenvalue weighted by atomic mass is 9.93. The van der Waals surface area contributed by atoms with E-state index in [9.17, 15) is 4.79 Å². The number of hydrogen-bond acceptors (Lipinski definition) is 3. The highest BCUT2D eigenvalue weighted by molar-refractivity contribution is 5.72. The molecule has 0 saturated carbocycles. The van der Waals surface area contributed by atoms with Crippen molar-refractivity contribution < 1.29 is 9.53 Å². The van der Waals surface area contributed by atoms with Crippen LogP contribution < -0.4 is 5.32 Å². The molecule has 0 aromatic carbocycles. The number of nitrogens with one attached hydrogen (secondary N) is 1. The van der Waals surface area contributed by atoms with Crippen LogP contribution in [0, 0.1) is 5.92 Å². The van der Waals surface area contributed by atoms with Crippen molar-refractivity contribution in [3.05, 3.63) is 0 Å². The van der Waals surface area contributed by atoms with E-state index in [0.717, 1.165) is 19.4 Å². The predicted molar refractivity (Wildman–Crippen MR) is 42.2 cm³/mol. The molecule has 1 N–H and O–H groups in total. The van der Waals surface area contributed by atoms with Gasteiger partial charge in [0, 0.05) is 6.04 Å². The van der Waals surface area contributed by atoms with Gasteiger partial charge in [-0.05, 0) is 26.3 Å². The van der Waals surface area contributed by atoms with E-state index < -0.39 is 0 Å². The zero-order valence-corrected chi connectivity index (χ0v) is 7.09. The van der Waals surface area contributed by atoms with Gasteiger partial charge in [-0.1, -0.05) is 0 Å². The molecular weight excluding hydrogens is 142 g/mol. The van der Waals surface area contributed by atoms with Crippen LogP contribution in [-0.2, 0) is 9.53 Å². The minimum Gasteiger partial charge on any atom is -0.469 e. The molecule has 2 atom stereocenters. The Morgan fingerprint density at radius 2 is 2.36 bits per heavy atom. The first-order chi connectivity index (χ1) is 5.24. The van der Waals surface area contributed by atoms with E-state index in [-0.39, 0.29) is 11.9 Å². The molecule has 1 fully saturated rings. The molecule has 0 radical (unpaired) electrons. The topological polar surface area (TPSA) is 38.3 Å². The molecule has 0 aromatic rings. The van der Waals surface area contributed by atoms with Crippen LogP contribution in [0.25, 0.3) is 0 Å². The molecule has 3 nitrogen and oxygen atoms in total. The van der Waals surface area contributed by atoms with Gasteiger partial charge in [0.2, 0.25) is 0 Å². The second-order valence-corrected chi connectivity index (χ2v) is 3.10. The van der Waals surface area contributed by atoms with Crippen LogP contribution in [0.2, 0.25) is 0 Å². The summed E-state index contributed by atoms with van der Waals surface area (Å²) in [5.41, 5.74) is 0. The zero-order chi connectivity index (χ0) is 8.27. The van der Waals surface area contributed by atoms with Gasteiger partial charge in [0.05, 0.1) is 13.0 Å². The van der Waals surface area contributed by atoms with Crippen molar-refractivity contribution in [3.63, 3.8) is 0 Å². The number of rotatable bonds is 1. The predicted octanol–water partition coefficient (Wildman–Crippen LogP) is 0.547. The van der Waals surface area contributed by atoms with Gasteiger partial charge in [-0.3, -0.25) is 4.79 Å². The quantitative estimate of drug-likeness (QED) is 0.565. The third kappa shape index (κ3) is 2.19. The molecule has 1 saturated heterocycles. The molecule has 0 spiro atoms. The Bertz CT molecular complexity index is 147. The molecule has 3 heteroatoms. The summed E-state index contributed by atoms with van der Waals surface area (Å²) < 4.78 is 4.67. The molecule has 0 unspecified atom stereocenters. The first-order valence-corrected chi connectivity index (χ1v) is 4.05. The maximum Gasteiger partial charge on any atom is 0.308 e. The number of carbonyl (C=O) groups excluding carboxylic acids is 1. The van der Waals surface area contributed by atoms with Gasteiger partial charge in [-0.2, -0.15) is 0 Å². The van der Waals surface area contributed by atoms with Gasteiger partial charge in [-0.25, -0.2) is 0 Å². The number of carbonyl (C=O) groups is 1. The van der Waals surface area contributed by atoms with E-state index in [0.29, 0.717) is 6.04 Å². The Hall–Kier alpha value is -0.570. The number of piperidine rings is 1. The van der Waals surface area contributed by atoms with Crippen molar-refractivity contribution in [2.75, 3.05) is 13.7 Å². The molecule has 0 bridgehead atoms. The van der Waals surface area contributed by atoms with E-state index >= 15 is 0 Å². The van der Waals surface area contributed by atoms with E-state index in [4.69, 9.17) is 0 Å². The summed E-state index contributed by atoms with van der Waals surface area (Å²) in [4.78, 5) is 11.1. The number of ether oxygens (including phenoxy) is 1. The summed E-state index contributed by atoms with van der Waals surface area (Å²) >= 11 is 0. The lowest BCUT2D eigenvalue weighted by molar-refractivity contribution is -0.146. The van der Waals surface area contributed by atoms with Crippen molar-refractivity contribution in [2.24, 2.45) is 5.92 Å². The highest BCUT2D eigenvalue weighted by Gasteiger charge is 2.24. The van der Waals surface area contributed by atoms with Gasteiger partial charge in [0.25, 0.3) is 0 Å². The average molecular weight is 157 g/mol. The number of hydrogen-bond donors (Lipinski definition) is 1. The van der Waals surface area contributed by atoms with Gasteiger partial charge >= 0.3 is 5.97 Å². The van der Waals surface area contributed by atoms with Crippen molar-refractivity contribution >= 4 is 5.97 Å². The van der Waals surface area contributed by atoms with Crippen LogP contribution in [0.1, 0.15) is 19.8 Å². The van der Waals surface area contributed by atoms with Gasteiger partial charge in [0.15, 0.2) is 0 Å². The van der Waals surface area contributed by atoms with Crippen LogP contribution in [0.3, 0.4) is 0 Å². The minimum absolute atomic E-state index is 0.0571. The average Bonchev–Trinajstić information content (AvgIpc) is 2.03. The molecular formula is C8H15NO2. The second-order valence-electron chi connectivity index (χ2n) is 3.10. The second kappa shape index (κ2) is 3.72. The Morgan fingerprint density at radius 3 is 2.91 bits per heavy atom. The third-order valence-electron chi connectivity index (χ3n) is 2.16. The van der Waals surface area contributed by atoms with E-state index in [1.165, 1.54) is 7.11 Å². The lowest BCUT2D eigenvalue weighted by Gasteiger charge is -2.25. The van der Waals surface area contributed by atoms with Crippen molar-refractivity contribution in [3.8, 4) is 0 Å². The maximum absolute atomic E-state index is 11.1. The van der Waals surface area contributed by atoms with Crippen molar-refractivity contribution in [2.45, 2.75) is 25.8 Å². The summed E-state index contributed by atoms with van der Waals surface area (Å²) in [6.07, 6.45) is 1.82. The summed E-state index contributed by atoms with van der Waals surface area (Å²) in [6.45, 7) is 3.02. The fraction of sp³-hybridized carbons (Fsp3) is 0.875. The first-order valence-electron chi connectivity index (χ1n) is 4.05. The summed E-state index contributed by atoms with van der Waals surface area (Å²) in [5, 5.41) is 3.28. The fourth-order valence-electron chi connectivity index (χ4n) is 1.51. The van der Waals surface area contributed by atoms with Crippen LogP contribution in [-0.4, -0.2) is 25.7 Å². The fourth-order valence-corrected chi connectivity index (χ4v) is 1.51. The number of methoxy groups -OCH3 is 1. The zero-order valence-electron chi connectivity index (χ0n) is 7.09. The van der Waals surface area contributed by atoms with Gasteiger partial charge < -0.3 is 10.1 Å². The monoisotopic (exact) mass is 157 g/mol. The van der Waals surface area contributed by atoms with E-state index in [1.807, 2.05) is 0 Å². The van der Waals surface area contributed by atoms with Crippen molar-refractivity contribution in [1.82, 2.24) is 5.32 Å². The standard InChI is InChI=1S/C8H15NO2/c1-6-5-7(3-4-9-6)8(10)11-2/h6-7,9H,3-5H2,1-2H3/t6-,7-/m0/s1. The molecule has 1 rings (SSSR count). The molecule has 64 valence electrons. The molecule has 1 aliphatic heterocycles. The normalized spacial score (nSPS) is 31.5. The van der Waals surface area contributed by atoms with Gasteiger partial charge in [0.1, 0.15) is 0 Å². The highest BCUT2D eigenvalue weighted by Crippen LogP contribution is 2.16. The van der Waals surface area contributed by atoms with E-state index in [2.05, 4.69) is 17.0 Å². The van der Waals surface area contributed by atoms with Crippen LogP contribution in [0.15, 0.2) is 0 Å². The number of esters is 1. The van der Waals surface area contributed by atoms with Crippen molar-refractivity contribution in [1.29, 1.82) is 0 Å². The maximum atomic E-state index is 11.1. The molecule has 11 heavy (non-hydrogen) atoms. The summed E-state index contributed by atoms with van der Waals surface area (Å²) in [7, 11) is 1.45. The van der Waals surface area contributed by atoms with Crippen LogP contribution in [0.5, 0.6) is 0 Å². The highest BCUT2D eigenvalue weighted by atomic mass is 16.5. The largest absolute Gasteiger partial charge is 0.469 e. The van der Waals surface area contributed by atoms with E-state index in [1.54, 1.807) is 0 Å². The molecule has 0 aromatic heterocycles. The Kier molecular flexibility index (Phi) is 2.88.